The maximum Gasteiger partial charge on any atom is 0.266 e. The molecule has 164 valence electrons. The summed E-state index contributed by atoms with van der Waals surface area (Å²) >= 11 is 5.41. The minimum atomic E-state index is -0.326. The number of H-pyrrole nitrogens is 1. The van der Waals surface area contributed by atoms with Crippen molar-refractivity contribution in [3.63, 3.8) is 0 Å². The van der Waals surface area contributed by atoms with Gasteiger partial charge >= 0.3 is 0 Å². The van der Waals surface area contributed by atoms with Crippen LogP contribution in [-0.4, -0.2) is 27.9 Å². The molecule has 0 radical (unpaired) electrons. The van der Waals surface area contributed by atoms with Gasteiger partial charge in [-0.15, -0.1) is 0 Å². The van der Waals surface area contributed by atoms with Crippen LogP contribution in [0.4, 0.5) is 11.4 Å². The second kappa shape index (κ2) is 8.48. The standard InChI is InChI=1S/C25H20N4O3S/c30-22-10-5-13-28(22)19-9-4-6-17(15-19)26-23(31)16-11-12-20-21(14-16)27-25(33)29(24(20)32)18-7-2-1-3-8-18/h1-4,6-9,11-12,14-15H,5,10,13H2,(H,26,31)(H,27,33). The first-order valence-corrected chi connectivity index (χ1v) is 11.0. The van der Waals surface area contributed by atoms with Gasteiger partial charge in [0.2, 0.25) is 5.91 Å². The van der Waals surface area contributed by atoms with Crippen molar-refractivity contribution in [1.29, 1.82) is 0 Å². The van der Waals surface area contributed by atoms with Crippen LogP contribution in [-0.2, 0) is 4.79 Å². The second-order valence-corrected chi connectivity index (χ2v) is 8.21. The maximum absolute atomic E-state index is 13.1. The Morgan fingerprint density at radius 1 is 0.939 bits per heavy atom. The summed E-state index contributed by atoms with van der Waals surface area (Å²) in [5, 5.41) is 3.30. The highest BCUT2D eigenvalue weighted by Gasteiger charge is 2.22. The van der Waals surface area contributed by atoms with Gasteiger partial charge < -0.3 is 15.2 Å². The Bertz CT molecular complexity index is 1510. The number of fused-ring (bicyclic) bond motifs is 1. The molecule has 7 nitrogen and oxygen atoms in total. The minimum absolute atomic E-state index is 0.0874. The van der Waals surface area contributed by atoms with E-state index in [1.54, 1.807) is 41.3 Å². The van der Waals surface area contributed by atoms with E-state index in [-0.39, 0.29) is 22.1 Å². The molecule has 1 saturated heterocycles. The van der Waals surface area contributed by atoms with Crippen LogP contribution in [0.2, 0.25) is 0 Å². The van der Waals surface area contributed by atoms with Gasteiger partial charge in [-0.1, -0.05) is 24.3 Å². The third-order valence-electron chi connectivity index (χ3n) is 5.66. The molecule has 33 heavy (non-hydrogen) atoms. The van der Waals surface area contributed by atoms with Crippen LogP contribution in [0.15, 0.2) is 77.6 Å². The predicted octanol–water partition coefficient (Wildman–Crippen LogP) is 4.43. The number of nitrogens with one attached hydrogen (secondary N) is 2. The maximum atomic E-state index is 13.1. The molecule has 5 rings (SSSR count). The molecule has 0 spiro atoms. The largest absolute Gasteiger partial charge is 0.331 e. The topological polar surface area (TPSA) is 87.2 Å². The molecule has 2 heterocycles. The quantitative estimate of drug-likeness (QED) is 0.445. The van der Waals surface area contributed by atoms with Crippen molar-refractivity contribution in [1.82, 2.24) is 9.55 Å². The first kappa shape index (κ1) is 20.8. The highest BCUT2D eigenvalue weighted by atomic mass is 32.1. The Morgan fingerprint density at radius 2 is 1.73 bits per heavy atom. The van der Waals surface area contributed by atoms with Crippen molar-refractivity contribution in [2.24, 2.45) is 0 Å². The van der Waals surface area contributed by atoms with Gasteiger partial charge in [-0.2, -0.15) is 0 Å². The van der Waals surface area contributed by atoms with Crippen LogP contribution >= 0.6 is 12.2 Å². The molecule has 2 amide bonds. The fourth-order valence-electron chi connectivity index (χ4n) is 4.05. The van der Waals surface area contributed by atoms with Crippen molar-refractivity contribution >= 4 is 46.3 Å². The third kappa shape index (κ3) is 3.96. The number of carbonyl (C=O) groups is 2. The average Bonchev–Trinajstić information content (AvgIpc) is 3.25. The summed E-state index contributed by atoms with van der Waals surface area (Å²) in [5.41, 5.74) is 2.64. The van der Waals surface area contributed by atoms with E-state index in [4.69, 9.17) is 12.2 Å². The summed E-state index contributed by atoms with van der Waals surface area (Å²) in [4.78, 5) is 42.8. The number of aromatic amines is 1. The van der Waals surface area contributed by atoms with E-state index in [1.807, 2.05) is 36.4 Å². The molecule has 1 aliphatic heterocycles. The Balaban J connectivity index is 1.45. The van der Waals surface area contributed by atoms with Gasteiger partial charge in [0.25, 0.3) is 11.5 Å². The Kier molecular flexibility index (Phi) is 5.35. The molecule has 0 unspecified atom stereocenters. The second-order valence-electron chi connectivity index (χ2n) is 7.82. The van der Waals surface area contributed by atoms with Gasteiger partial charge in [-0.3, -0.25) is 19.0 Å². The van der Waals surface area contributed by atoms with Crippen LogP contribution in [0, 0.1) is 4.77 Å². The van der Waals surface area contributed by atoms with Crippen molar-refractivity contribution in [2.75, 3.05) is 16.8 Å². The number of benzene rings is 3. The summed E-state index contributed by atoms with van der Waals surface area (Å²) in [6.07, 6.45) is 1.38. The zero-order valence-corrected chi connectivity index (χ0v) is 18.4. The number of anilines is 2. The van der Waals surface area contributed by atoms with E-state index in [2.05, 4.69) is 10.3 Å². The lowest BCUT2D eigenvalue weighted by Crippen LogP contribution is -2.23. The van der Waals surface area contributed by atoms with E-state index in [1.165, 1.54) is 4.57 Å². The minimum Gasteiger partial charge on any atom is -0.331 e. The molecule has 1 aliphatic rings. The van der Waals surface area contributed by atoms with Crippen molar-refractivity contribution < 1.29 is 9.59 Å². The smallest absolute Gasteiger partial charge is 0.266 e. The van der Waals surface area contributed by atoms with Gasteiger partial charge in [-0.25, -0.2) is 0 Å². The molecular weight excluding hydrogens is 436 g/mol. The van der Waals surface area contributed by atoms with E-state index >= 15 is 0 Å². The summed E-state index contributed by atoms with van der Waals surface area (Å²) in [7, 11) is 0. The Morgan fingerprint density at radius 3 is 2.48 bits per heavy atom. The lowest BCUT2D eigenvalue weighted by molar-refractivity contribution is -0.117. The fraction of sp³-hybridized carbons (Fsp3) is 0.120. The van der Waals surface area contributed by atoms with Gasteiger partial charge in [0, 0.05) is 29.9 Å². The number of para-hydroxylation sites is 1. The normalized spacial score (nSPS) is 13.5. The Hall–Kier alpha value is -4.04. The van der Waals surface area contributed by atoms with Crippen molar-refractivity contribution in [3.05, 3.63) is 93.5 Å². The van der Waals surface area contributed by atoms with Gasteiger partial charge in [0.1, 0.15) is 0 Å². The molecular formula is C25H20N4O3S. The van der Waals surface area contributed by atoms with Gasteiger partial charge in [-0.05, 0) is 67.2 Å². The molecule has 0 atom stereocenters. The molecule has 0 saturated carbocycles. The number of rotatable bonds is 4. The summed E-state index contributed by atoms with van der Waals surface area (Å²) in [6.45, 7) is 0.681. The molecule has 4 aromatic rings. The molecule has 2 N–H and O–H groups in total. The molecule has 0 bridgehead atoms. The lowest BCUT2D eigenvalue weighted by Gasteiger charge is -2.17. The highest BCUT2D eigenvalue weighted by molar-refractivity contribution is 7.71. The zero-order chi connectivity index (χ0) is 22.9. The number of amides is 2. The third-order valence-corrected chi connectivity index (χ3v) is 5.95. The molecule has 3 aromatic carbocycles. The van der Waals surface area contributed by atoms with Gasteiger partial charge in [0.05, 0.1) is 16.6 Å². The summed E-state index contributed by atoms with van der Waals surface area (Å²) in [5.74, 6) is -0.238. The monoisotopic (exact) mass is 456 g/mol. The first-order valence-electron chi connectivity index (χ1n) is 10.6. The highest BCUT2D eigenvalue weighted by Crippen LogP contribution is 2.24. The van der Waals surface area contributed by atoms with E-state index in [0.717, 1.165) is 12.1 Å². The number of aromatic nitrogens is 2. The molecule has 0 aliphatic carbocycles. The number of hydrogen-bond acceptors (Lipinski definition) is 4. The number of nitrogens with zero attached hydrogens (tertiary/aromatic N) is 2. The molecule has 8 heteroatoms. The lowest BCUT2D eigenvalue weighted by atomic mass is 10.1. The summed E-state index contributed by atoms with van der Waals surface area (Å²) < 4.78 is 1.68. The van der Waals surface area contributed by atoms with Crippen LogP contribution in [0.3, 0.4) is 0 Å². The molecule has 1 aromatic heterocycles. The van der Waals surface area contributed by atoms with Crippen LogP contribution in [0.1, 0.15) is 23.2 Å². The number of hydrogen-bond donors (Lipinski definition) is 2. The van der Waals surface area contributed by atoms with Crippen LogP contribution < -0.4 is 15.8 Å². The number of carbonyl (C=O) groups excluding carboxylic acids is 2. The van der Waals surface area contributed by atoms with E-state index in [9.17, 15) is 14.4 Å². The van der Waals surface area contributed by atoms with Crippen molar-refractivity contribution in [3.8, 4) is 5.69 Å². The first-order chi connectivity index (χ1) is 16.0. The fourth-order valence-corrected chi connectivity index (χ4v) is 4.35. The predicted molar refractivity (Wildman–Crippen MR) is 131 cm³/mol. The zero-order valence-electron chi connectivity index (χ0n) is 17.6. The SMILES string of the molecule is O=C(Nc1cccc(N2CCCC2=O)c1)c1ccc2c(=O)n(-c3ccccc3)c(=S)[nH]c2c1. The average molecular weight is 457 g/mol. The van der Waals surface area contributed by atoms with Gasteiger partial charge in [0.15, 0.2) is 4.77 Å². The summed E-state index contributed by atoms with van der Waals surface area (Å²) in [6, 6.07) is 21.2. The van der Waals surface area contributed by atoms with Crippen LogP contribution in [0.5, 0.6) is 0 Å². The Labute approximate surface area is 194 Å². The van der Waals surface area contributed by atoms with E-state index < -0.39 is 0 Å². The van der Waals surface area contributed by atoms with E-state index in [0.29, 0.717) is 40.8 Å². The molecule has 1 fully saturated rings. The van der Waals surface area contributed by atoms with Crippen molar-refractivity contribution in [2.45, 2.75) is 12.8 Å². The van der Waals surface area contributed by atoms with Crippen LogP contribution in [0.25, 0.3) is 16.6 Å².